The van der Waals surface area contributed by atoms with Gasteiger partial charge in [-0.25, -0.2) is 14.5 Å². The number of fused-ring (bicyclic) bond motifs is 1. The second kappa shape index (κ2) is 5.60. The number of nitrogens with zero attached hydrogens (tertiary/aromatic N) is 3. The highest BCUT2D eigenvalue weighted by molar-refractivity contribution is 6.04. The Labute approximate surface area is 132 Å². The number of pyridine rings is 1. The minimum atomic E-state index is -1.05. The molecule has 0 unspecified atom stereocenters. The van der Waals surface area contributed by atoms with Crippen LogP contribution in [0.15, 0.2) is 30.3 Å². The highest BCUT2D eigenvalue weighted by atomic mass is 16.5. The Balaban J connectivity index is 2.31. The Kier molecular flexibility index (Phi) is 3.61. The van der Waals surface area contributed by atoms with Crippen LogP contribution in [0.3, 0.4) is 0 Å². The smallest absolute Gasteiger partial charge is 0.336 e. The number of hydrogen-bond acceptors (Lipinski definition) is 5. The van der Waals surface area contributed by atoms with E-state index in [4.69, 9.17) is 9.47 Å². The first-order valence-corrected chi connectivity index (χ1v) is 6.87. The van der Waals surface area contributed by atoms with E-state index in [1.807, 2.05) is 12.1 Å². The second-order valence-electron chi connectivity index (χ2n) is 4.93. The van der Waals surface area contributed by atoms with E-state index in [0.717, 1.165) is 5.69 Å². The normalized spacial score (nSPS) is 10.7. The van der Waals surface area contributed by atoms with Gasteiger partial charge < -0.3 is 14.6 Å². The van der Waals surface area contributed by atoms with Crippen LogP contribution in [0.4, 0.5) is 0 Å². The molecule has 0 radical (unpaired) electrons. The summed E-state index contributed by atoms with van der Waals surface area (Å²) in [6.45, 7) is 1.74. The summed E-state index contributed by atoms with van der Waals surface area (Å²) in [6.07, 6.45) is 0. The van der Waals surface area contributed by atoms with Crippen LogP contribution in [0.5, 0.6) is 11.6 Å². The summed E-state index contributed by atoms with van der Waals surface area (Å²) in [5.74, 6) is -0.110. The van der Waals surface area contributed by atoms with Crippen molar-refractivity contribution in [3.05, 3.63) is 41.6 Å². The minimum absolute atomic E-state index is 0.115. The summed E-state index contributed by atoms with van der Waals surface area (Å²) < 4.78 is 11.9. The van der Waals surface area contributed by atoms with Crippen molar-refractivity contribution in [3.8, 4) is 17.3 Å². The lowest BCUT2D eigenvalue weighted by molar-refractivity contribution is 0.0698. The Bertz CT molecular complexity index is 884. The predicted molar refractivity (Wildman–Crippen MR) is 83.7 cm³/mol. The highest BCUT2D eigenvalue weighted by Gasteiger charge is 2.21. The Morgan fingerprint density at radius 2 is 1.87 bits per heavy atom. The average Bonchev–Trinajstić information content (AvgIpc) is 2.92. The van der Waals surface area contributed by atoms with Gasteiger partial charge in [-0.15, -0.1) is 5.10 Å². The minimum Gasteiger partial charge on any atom is -0.497 e. The van der Waals surface area contributed by atoms with Crippen LogP contribution in [0.25, 0.3) is 16.7 Å². The topological polar surface area (TPSA) is 86.5 Å². The van der Waals surface area contributed by atoms with Crippen LogP contribution >= 0.6 is 0 Å². The molecule has 0 atom stereocenters. The number of aryl methyl sites for hydroxylation is 1. The summed E-state index contributed by atoms with van der Waals surface area (Å²) >= 11 is 0. The van der Waals surface area contributed by atoms with Gasteiger partial charge >= 0.3 is 5.97 Å². The second-order valence-corrected chi connectivity index (χ2v) is 4.93. The molecule has 1 aromatic carbocycles. The van der Waals surface area contributed by atoms with Gasteiger partial charge in [0.05, 0.1) is 30.9 Å². The zero-order chi connectivity index (χ0) is 16.6. The van der Waals surface area contributed by atoms with Gasteiger partial charge in [-0.2, -0.15) is 0 Å². The van der Waals surface area contributed by atoms with Crippen LogP contribution in [0.1, 0.15) is 16.1 Å². The Hall–Kier alpha value is -3.09. The molecule has 0 bridgehead atoms. The van der Waals surface area contributed by atoms with E-state index in [1.165, 1.54) is 13.2 Å². The molecule has 2 aromatic heterocycles. The van der Waals surface area contributed by atoms with Crippen LogP contribution in [0, 0.1) is 6.92 Å². The van der Waals surface area contributed by atoms with E-state index in [9.17, 15) is 9.90 Å². The number of ether oxygens (including phenoxy) is 2. The molecule has 1 N–H and O–H groups in total. The monoisotopic (exact) mass is 313 g/mol. The molecule has 118 valence electrons. The van der Waals surface area contributed by atoms with Gasteiger partial charge in [0, 0.05) is 5.69 Å². The number of hydrogen-bond donors (Lipinski definition) is 1. The number of aromatic nitrogens is 3. The van der Waals surface area contributed by atoms with E-state index in [0.29, 0.717) is 22.5 Å². The van der Waals surface area contributed by atoms with Crippen molar-refractivity contribution >= 4 is 17.0 Å². The van der Waals surface area contributed by atoms with Gasteiger partial charge in [-0.05, 0) is 37.3 Å². The number of benzene rings is 1. The number of carbonyl (C=O) groups is 1. The summed E-state index contributed by atoms with van der Waals surface area (Å²) in [5.41, 5.74) is 1.87. The molecule has 23 heavy (non-hydrogen) atoms. The summed E-state index contributed by atoms with van der Waals surface area (Å²) in [7, 11) is 3.04. The number of carboxylic acid groups (broad SMARTS) is 1. The molecular weight excluding hydrogens is 298 g/mol. The first-order chi connectivity index (χ1) is 11.0. The molecule has 0 fully saturated rings. The van der Waals surface area contributed by atoms with Crippen molar-refractivity contribution in [2.24, 2.45) is 0 Å². The van der Waals surface area contributed by atoms with Crippen LogP contribution in [-0.4, -0.2) is 40.1 Å². The lowest BCUT2D eigenvalue weighted by Crippen LogP contribution is -2.02. The Morgan fingerprint density at radius 1 is 1.17 bits per heavy atom. The fourth-order valence-corrected chi connectivity index (χ4v) is 2.42. The fourth-order valence-electron chi connectivity index (χ4n) is 2.42. The third-order valence-electron chi connectivity index (χ3n) is 3.47. The number of methoxy groups -OCH3 is 2. The van der Waals surface area contributed by atoms with Crippen molar-refractivity contribution in [2.75, 3.05) is 14.2 Å². The van der Waals surface area contributed by atoms with Crippen LogP contribution < -0.4 is 9.47 Å². The maximum Gasteiger partial charge on any atom is 0.336 e. The lowest BCUT2D eigenvalue weighted by Gasteiger charge is -2.05. The van der Waals surface area contributed by atoms with E-state index in [-0.39, 0.29) is 11.4 Å². The molecule has 0 aliphatic rings. The molecule has 0 spiro atoms. The summed E-state index contributed by atoms with van der Waals surface area (Å²) in [5, 5.41) is 14.2. The van der Waals surface area contributed by atoms with Gasteiger partial charge in [0.2, 0.25) is 5.88 Å². The van der Waals surface area contributed by atoms with Gasteiger partial charge in [0.25, 0.3) is 0 Å². The number of aromatic carboxylic acids is 1. The zero-order valence-corrected chi connectivity index (χ0v) is 12.9. The van der Waals surface area contributed by atoms with Crippen molar-refractivity contribution in [3.63, 3.8) is 0 Å². The molecule has 3 rings (SSSR count). The molecule has 7 nitrogen and oxygen atoms in total. The maximum atomic E-state index is 11.5. The molecule has 0 aliphatic carbocycles. The largest absolute Gasteiger partial charge is 0.497 e. The van der Waals surface area contributed by atoms with Gasteiger partial charge in [0.1, 0.15) is 5.75 Å². The molecule has 7 heteroatoms. The van der Waals surface area contributed by atoms with Crippen molar-refractivity contribution < 1.29 is 19.4 Å². The summed E-state index contributed by atoms with van der Waals surface area (Å²) in [6, 6.07) is 8.73. The molecule has 3 aromatic rings. The van der Waals surface area contributed by atoms with Crippen molar-refractivity contribution in [1.82, 2.24) is 14.8 Å². The first kappa shape index (κ1) is 14.8. The fraction of sp³-hybridized carbons (Fsp3) is 0.188. The molecule has 0 saturated heterocycles. The van der Waals surface area contributed by atoms with E-state index < -0.39 is 5.97 Å². The third-order valence-corrected chi connectivity index (χ3v) is 3.47. The molecule has 0 saturated carbocycles. The van der Waals surface area contributed by atoms with Crippen LogP contribution in [0.2, 0.25) is 0 Å². The van der Waals surface area contributed by atoms with E-state index in [1.54, 1.807) is 30.8 Å². The molecule has 2 heterocycles. The van der Waals surface area contributed by atoms with Gasteiger partial charge in [-0.3, -0.25) is 0 Å². The quantitative estimate of drug-likeness (QED) is 0.796. The summed E-state index contributed by atoms with van der Waals surface area (Å²) in [4.78, 5) is 16.0. The van der Waals surface area contributed by atoms with E-state index in [2.05, 4.69) is 10.1 Å². The van der Waals surface area contributed by atoms with Crippen LogP contribution in [-0.2, 0) is 0 Å². The highest BCUT2D eigenvalue weighted by Crippen LogP contribution is 2.30. The number of carboxylic acids is 1. The van der Waals surface area contributed by atoms with Crippen molar-refractivity contribution in [1.29, 1.82) is 0 Å². The van der Waals surface area contributed by atoms with Gasteiger partial charge in [0.15, 0.2) is 5.65 Å². The molecule has 0 aliphatic heterocycles. The Morgan fingerprint density at radius 3 is 2.43 bits per heavy atom. The maximum absolute atomic E-state index is 11.5. The SMILES string of the molecule is COc1ccc(-n2nc(OC)c3c(C(=O)O)cc(C)nc32)cc1. The number of rotatable bonds is 4. The van der Waals surface area contributed by atoms with Crippen molar-refractivity contribution in [2.45, 2.75) is 6.92 Å². The standard InChI is InChI=1S/C16H15N3O4/c1-9-8-12(16(20)21)13-14(17-9)19(18-15(13)23-3)10-4-6-11(22-2)7-5-10/h4-8H,1-3H3,(H,20,21). The van der Waals surface area contributed by atoms with Gasteiger partial charge in [-0.1, -0.05) is 0 Å². The average molecular weight is 313 g/mol. The van der Waals surface area contributed by atoms with E-state index >= 15 is 0 Å². The third kappa shape index (κ3) is 2.46. The predicted octanol–water partition coefficient (Wildman–Crippen LogP) is 2.44. The lowest BCUT2D eigenvalue weighted by atomic mass is 10.1. The first-order valence-electron chi connectivity index (χ1n) is 6.87. The molecular formula is C16H15N3O4. The zero-order valence-electron chi connectivity index (χ0n) is 12.9. The molecule has 0 amide bonds.